The largest absolute Gasteiger partial charge is 0.330 e. The fourth-order valence-corrected chi connectivity index (χ4v) is 3.20. The van der Waals surface area contributed by atoms with Gasteiger partial charge in [0.05, 0.1) is 10.7 Å². The van der Waals surface area contributed by atoms with Crippen molar-refractivity contribution in [2.45, 2.75) is 59.5 Å². The van der Waals surface area contributed by atoms with Crippen LogP contribution >= 0.6 is 11.3 Å². The fraction of sp³-hybridized carbons (Fsp3) is 0.786. The van der Waals surface area contributed by atoms with E-state index < -0.39 is 0 Å². The maximum absolute atomic E-state index is 5.53. The van der Waals surface area contributed by atoms with Crippen LogP contribution in [-0.4, -0.2) is 17.1 Å². The van der Waals surface area contributed by atoms with Crippen LogP contribution in [0.4, 0.5) is 0 Å². The van der Waals surface area contributed by atoms with E-state index in [1.54, 1.807) is 11.3 Å². The van der Waals surface area contributed by atoms with Gasteiger partial charge in [0.1, 0.15) is 0 Å². The molecular formula is C14H27N3S. The Bertz CT molecular complexity index is 363. The fourth-order valence-electron chi connectivity index (χ4n) is 2.39. The zero-order valence-electron chi connectivity index (χ0n) is 12.3. The lowest BCUT2D eigenvalue weighted by molar-refractivity contribution is 0.240. The minimum atomic E-state index is 0.135. The molecule has 1 aromatic heterocycles. The van der Waals surface area contributed by atoms with Crippen LogP contribution in [0, 0.1) is 5.41 Å². The Morgan fingerprint density at radius 1 is 1.28 bits per heavy atom. The van der Waals surface area contributed by atoms with Gasteiger partial charge in [-0.1, -0.05) is 20.8 Å². The monoisotopic (exact) mass is 269 g/mol. The van der Waals surface area contributed by atoms with Crippen LogP contribution in [0.5, 0.6) is 0 Å². The smallest absolute Gasteiger partial charge is 0.0941 e. The molecule has 0 aliphatic rings. The summed E-state index contributed by atoms with van der Waals surface area (Å²) < 4.78 is 0. The quantitative estimate of drug-likeness (QED) is 0.835. The van der Waals surface area contributed by atoms with Gasteiger partial charge in [0.2, 0.25) is 0 Å². The summed E-state index contributed by atoms with van der Waals surface area (Å²) in [7, 11) is 0. The standard InChI is InChI=1S/C14H27N3S/c1-13(2,3)10-14(4,5)16-8-11-9-18-12(17-11)6-7-15/h9,16H,6-8,10,15H2,1-5H3. The highest BCUT2D eigenvalue weighted by atomic mass is 32.1. The highest BCUT2D eigenvalue weighted by molar-refractivity contribution is 7.09. The van der Waals surface area contributed by atoms with Crippen molar-refractivity contribution in [3.05, 3.63) is 16.1 Å². The van der Waals surface area contributed by atoms with Gasteiger partial charge in [-0.2, -0.15) is 0 Å². The Morgan fingerprint density at radius 2 is 1.94 bits per heavy atom. The summed E-state index contributed by atoms with van der Waals surface area (Å²) in [6, 6.07) is 0. The van der Waals surface area contributed by atoms with Gasteiger partial charge >= 0.3 is 0 Å². The van der Waals surface area contributed by atoms with E-state index in [0.717, 1.165) is 30.1 Å². The third kappa shape index (κ3) is 5.94. The van der Waals surface area contributed by atoms with Gasteiger partial charge in [-0.3, -0.25) is 0 Å². The highest BCUT2D eigenvalue weighted by Gasteiger charge is 2.24. The molecule has 0 aliphatic heterocycles. The number of aromatic nitrogens is 1. The van der Waals surface area contributed by atoms with Crippen molar-refractivity contribution in [1.29, 1.82) is 0 Å². The molecule has 0 aliphatic carbocycles. The minimum absolute atomic E-state index is 0.135. The first-order chi connectivity index (χ1) is 8.22. The first-order valence-electron chi connectivity index (χ1n) is 6.60. The number of nitrogens with one attached hydrogen (secondary N) is 1. The van der Waals surface area contributed by atoms with Crippen LogP contribution in [0.15, 0.2) is 5.38 Å². The van der Waals surface area contributed by atoms with Gasteiger partial charge in [0, 0.05) is 23.9 Å². The molecule has 18 heavy (non-hydrogen) atoms. The topological polar surface area (TPSA) is 50.9 Å². The van der Waals surface area contributed by atoms with Crippen LogP contribution in [0.2, 0.25) is 0 Å². The van der Waals surface area contributed by atoms with Crippen LogP contribution in [0.1, 0.15) is 51.7 Å². The normalized spacial score (nSPS) is 13.0. The molecule has 0 unspecified atom stereocenters. The van der Waals surface area contributed by atoms with Crippen molar-refractivity contribution < 1.29 is 0 Å². The molecular weight excluding hydrogens is 242 g/mol. The van der Waals surface area contributed by atoms with Gasteiger partial charge in [0.15, 0.2) is 0 Å². The summed E-state index contributed by atoms with van der Waals surface area (Å²) in [5, 5.41) is 6.87. The predicted molar refractivity (Wildman–Crippen MR) is 79.9 cm³/mol. The number of hydrogen-bond acceptors (Lipinski definition) is 4. The summed E-state index contributed by atoms with van der Waals surface area (Å²) in [5.41, 5.74) is 7.13. The number of rotatable bonds is 6. The second-order valence-corrected chi connectivity index (χ2v) is 7.69. The molecule has 4 heteroatoms. The molecule has 0 fully saturated rings. The molecule has 1 heterocycles. The SMILES string of the molecule is CC(C)(C)CC(C)(C)NCc1csc(CCN)n1. The average Bonchev–Trinajstić information content (AvgIpc) is 2.60. The molecule has 1 rings (SSSR count). The summed E-state index contributed by atoms with van der Waals surface area (Å²) in [4.78, 5) is 4.58. The van der Waals surface area contributed by atoms with Crippen molar-refractivity contribution in [2.75, 3.05) is 6.54 Å². The Kier molecular flexibility index (Phi) is 5.32. The van der Waals surface area contributed by atoms with E-state index in [2.05, 4.69) is 50.3 Å². The van der Waals surface area contributed by atoms with Crippen molar-refractivity contribution in [2.24, 2.45) is 11.1 Å². The molecule has 0 radical (unpaired) electrons. The predicted octanol–water partition coefficient (Wildman–Crippen LogP) is 2.95. The van der Waals surface area contributed by atoms with E-state index in [-0.39, 0.29) is 5.54 Å². The van der Waals surface area contributed by atoms with Crippen LogP contribution in [0.3, 0.4) is 0 Å². The van der Waals surface area contributed by atoms with Crippen molar-refractivity contribution in [1.82, 2.24) is 10.3 Å². The van der Waals surface area contributed by atoms with Crippen molar-refractivity contribution in [3.63, 3.8) is 0 Å². The second-order valence-electron chi connectivity index (χ2n) is 6.75. The third-order valence-electron chi connectivity index (χ3n) is 2.68. The molecule has 0 spiro atoms. The molecule has 0 bridgehead atoms. The van der Waals surface area contributed by atoms with Crippen LogP contribution in [-0.2, 0) is 13.0 Å². The first-order valence-corrected chi connectivity index (χ1v) is 7.48. The Labute approximate surface area is 115 Å². The lowest BCUT2D eigenvalue weighted by atomic mass is 9.82. The highest BCUT2D eigenvalue weighted by Crippen LogP contribution is 2.27. The van der Waals surface area contributed by atoms with Gasteiger partial charge in [-0.25, -0.2) is 4.98 Å². The van der Waals surface area contributed by atoms with Crippen molar-refractivity contribution in [3.8, 4) is 0 Å². The van der Waals surface area contributed by atoms with E-state index in [0.29, 0.717) is 12.0 Å². The second kappa shape index (κ2) is 6.13. The maximum atomic E-state index is 5.53. The Hall–Kier alpha value is -0.450. The molecule has 104 valence electrons. The van der Waals surface area contributed by atoms with E-state index in [1.165, 1.54) is 0 Å². The molecule has 3 nitrogen and oxygen atoms in total. The van der Waals surface area contributed by atoms with Gasteiger partial charge in [-0.05, 0) is 32.2 Å². The summed E-state index contributed by atoms with van der Waals surface area (Å²) >= 11 is 1.71. The van der Waals surface area contributed by atoms with E-state index in [1.807, 2.05) is 0 Å². The molecule has 0 atom stereocenters. The molecule has 0 saturated carbocycles. The molecule has 3 N–H and O–H groups in total. The van der Waals surface area contributed by atoms with Crippen LogP contribution < -0.4 is 11.1 Å². The maximum Gasteiger partial charge on any atom is 0.0941 e. The zero-order chi connectivity index (χ0) is 13.8. The summed E-state index contributed by atoms with van der Waals surface area (Å²) in [6.45, 7) is 12.9. The zero-order valence-corrected chi connectivity index (χ0v) is 13.2. The van der Waals surface area contributed by atoms with Crippen molar-refractivity contribution >= 4 is 11.3 Å². The molecule has 1 aromatic rings. The molecule has 0 amide bonds. The number of thiazole rings is 1. The first kappa shape index (κ1) is 15.6. The Balaban J connectivity index is 2.48. The van der Waals surface area contributed by atoms with Gasteiger partial charge in [0.25, 0.3) is 0 Å². The average molecular weight is 269 g/mol. The van der Waals surface area contributed by atoms with Gasteiger partial charge < -0.3 is 11.1 Å². The van der Waals surface area contributed by atoms with E-state index in [4.69, 9.17) is 5.73 Å². The molecule has 0 saturated heterocycles. The van der Waals surface area contributed by atoms with Crippen LogP contribution in [0.25, 0.3) is 0 Å². The van der Waals surface area contributed by atoms with Gasteiger partial charge in [-0.15, -0.1) is 11.3 Å². The molecule has 0 aromatic carbocycles. The number of nitrogens with zero attached hydrogens (tertiary/aromatic N) is 1. The summed E-state index contributed by atoms with van der Waals surface area (Å²) in [6.07, 6.45) is 2.02. The van der Waals surface area contributed by atoms with E-state index >= 15 is 0 Å². The lowest BCUT2D eigenvalue weighted by Crippen LogP contribution is -2.41. The minimum Gasteiger partial charge on any atom is -0.330 e. The Morgan fingerprint density at radius 3 is 2.50 bits per heavy atom. The summed E-state index contributed by atoms with van der Waals surface area (Å²) in [5.74, 6) is 0. The number of nitrogens with two attached hydrogens (primary N) is 1. The van der Waals surface area contributed by atoms with E-state index in [9.17, 15) is 0 Å². The third-order valence-corrected chi connectivity index (χ3v) is 3.64. The lowest BCUT2D eigenvalue weighted by Gasteiger charge is -2.33. The number of hydrogen-bond donors (Lipinski definition) is 2.